The van der Waals surface area contributed by atoms with Gasteiger partial charge in [0.25, 0.3) is 10.0 Å². The number of benzene rings is 3. The number of nitrogens with one attached hydrogen (secondary N) is 1. The van der Waals surface area contributed by atoms with E-state index >= 15 is 0 Å². The fourth-order valence-electron chi connectivity index (χ4n) is 3.89. The zero-order chi connectivity index (χ0) is 29.8. The summed E-state index contributed by atoms with van der Waals surface area (Å²) in [5, 5.41) is 3.33. The highest BCUT2D eigenvalue weighted by molar-refractivity contribution is 9.10. The second-order valence-corrected chi connectivity index (χ2v) is 14.2. The van der Waals surface area contributed by atoms with Crippen molar-refractivity contribution in [2.24, 2.45) is 0 Å². The molecule has 0 aliphatic carbocycles. The Morgan fingerprint density at radius 3 is 2.02 bits per heavy atom. The number of carbonyl (C=O) groups excluding carboxylic acids is 2. The van der Waals surface area contributed by atoms with Crippen LogP contribution < -0.4 is 9.62 Å². The van der Waals surface area contributed by atoms with Crippen molar-refractivity contribution in [1.29, 1.82) is 0 Å². The van der Waals surface area contributed by atoms with Gasteiger partial charge < -0.3 is 10.2 Å². The number of carbonyl (C=O) groups is 2. The number of nitrogens with zero attached hydrogens (tertiary/aromatic N) is 2. The van der Waals surface area contributed by atoms with Crippen LogP contribution >= 0.6 is 39.1 Å². The lowest BCUT2D eigenvalue weighted by molar-refractivity contribution is -0.140. The van der Waals surface area contributed by atoms with Crippen LogP contribution in [0.3, 0.4) is 0 Å². The van der Waals surface area contributed by atoms with Crippen LogP contribution in [0.1, 0.15) is 38.8 Å². The number of aryl methyl sites for hydroxylation is 1. The highest BCUT2D eigenvalue weighted by Gasteiger charge is 2.33. The molecule has 11 heteroatoms. The highest BCUT2D eigenvalue weighted by atomic mass is 79.9. The lowest BCUT2D eigenvalue weighted by Crippen LogP contribution is -2.54. The predicted molar refractivity (Wildman–Crippen MR) is 164 cm³/mol. The molecule has 0 aliphatic heterocycles. The average molecular weight is 669 g/mol. The van der Waals surface area contributed by atoms with Gasteiger partial charge in [-0.05, 0) is 82.6 Å². The Morgan fingerprint density at radius 2 is 1.50 bits per heavy atom. The second-order valence-electron chi connectivity index (χ2n) is 10.5. The topological polar surface area (TPSA) is 86.8 Å². The minimum absolute atomic E-state index is 0.0000170. The van der Waals surface area contributed by atoms with Crippen molar-refractivity contribution < 1.29 is 18.0 Å². The maximum absolute atomic E-state index is 14.0. The molecule has 1 atom stereocenters. The third kappa shape index (κ3) is 8.46. The van der Waals surface area contributed by atoms with Crippen LogP contribution in [0.15, 0.2) is 76.1 Å². The Bertz CT molecular complexity index is 1450. The summed E-state index contributed by atoms with van der Waals surface area (Å²) >= 11 is 15.9. The summed E-state index contributed by atoms with van der Waals surface area (Å²) in [5.74, 6) is -0.942. The Hall–Kier alpha value is -2.59. The molecule has 0 aliphatic rings. The van der Waals surface area contributed by atoms with Gasteiger partial charge in [-0.2, -0.15) is 0 Å². The monoisotopic (exact) mass is 667 g/mol. The lowest BCUT2D eigenvalue weighted by atomic mass is 10.1. The molecule has 0 unspecified atom stereocenters. The first-order valence-corrected chi connectivity index (χ1v) is 15.5. The molecule has 214 valence electrons. The molecule has 0 saturated heterocycles. The third-order valence-electron chi connectivity index (χ3n) is 5.95. The van der Waals surface area contributed by atoms with E-state index in [0.717, 1.165) is 19.9 Å². The first kappa shape index (κ1) is 31.9. The Balaban J connectivity index is 2.07. The fourth-order valence-corrected chi connectivity index (χ4v) is 6.07. The molecule has 3 aromatic carbocycles. The first-order chi connectivity index (χ1) is 18.6. The van der Waals surface area contributed by atoms with Gasteiger partial charge in [0.2, 0.25) is 11.8 Å². The summed E-state index contributed by atoms with van der Waals surface area (Å²) in [6.07, 6.45) is 0. The van der Waals surface area contributed by atoms with E-state index in [1.807, 2.05) is 52.0 Å². The van der Waals surface area contributed by atoms with E-state index in [9.17, 15) is 18.0 Å². The minimum Gasteiger partial charge on any atom is -0.350 e. The molecule has 3 aromatic rings. The third-order valence-corrected chi connectivity index (χ3v) is 8.71. The Labute approximate surface area is 254 Å². The molecular formula is C29H32BrCl2N3O4S. The van der Waals surface area contributed by atoms with E-state index in [-0.39, 0.29) is 33.1 Å². The summed E-state index contributed by atoms with van der Waals surface area (Å²) in [4.78, 5) is 28.5. The van der Waals surface area contributed by atoms with E-state index in [2.05, 4.69) is 21.2 Å². The van der Waals surface area contributed by atoms with Gasteiger partial charge in [-0.1, -0.05) is 69.0 Å². The van der Waals surface area contributed by atoms with Crippen molar-refractivity contribution in [2.45, 2.75) is 57.6 Å². The molecule has 7 nitrogen and oxygen atoms in total. The minimum atomic E-state index is -4.22. The van der Waals surface area contributed by atoms with Gasteiger partial charge in [0.05, 0.1) is 10.6 Å². The van der Waals surface area contributed by atoms with Crippen molar-refractivity contribution in [3.8, 4) is 0 Å². The SMILES string of the molecule is Cc1ccc(S(=O)(=O)N(CC(=O)N(Cc2ccc(Br)cc2)[C@H](C)C(=O)NC(C)(C)C)c2cc(Cl)cc(Cl)c2)cc1. The van der Waals surface area contributed by atoms with Crippen molar-refractivity contribution in [3.63, 3.8) is 0 Å². The van der Waals surface area contributed by atoms with E-state index in [0.29, 0.717) is 0 Å². The molecule has 0 fully saturated rings. The van der Waals surface area contributed by atoms with Crippen molar-refractivity contribution in [3.05, 3.63) is 92.4 Å². The normalized spacial score (nSPS) is 12.5. The van der Waals surface area contributed by atoms with Gasteiger partial charge in [-0.3, -0.25) is 13.9 Å². The van der Waals surface area contributed by atoms with Crippen LogP contribution in [0, 0.1) is 6.92 Å². The van der Waals surface area contributed by atoms with Gasteiger partial charge in [0.1, 0.15) is 12.6 Å². The molecule has 0 saturated carbocycles. The summed E-state index contributed by atoms with van der Waals surface area (Å²) < 4.78 is 29.6. The van der Waals surface area contributed by atoms with Crippen LogP contribution in [0.2, 0.25) is 10.0 Å². The molecule has 1 N–H and O–H groups in total. The number of hydrogen-bond acceptors (Lipinski definition) is 4. The zero-order valence-corrected chi connectivity index (χ0v) is 26.8. The van der Waals surface area contributed by atoms with E-state index < -0.39 is 34.1 Å². The number of rotatable bonds is 9. The molecule has 3 rings (SSSR count). The number of sulfonamides is 1. The number of anilines is 1. The molecule has 0 radical (unpaired) electrons. The molecule has 40 heavy (non-hydrogen) atoms. The van der Waals surface area contributed by atoms with Crippen LogP contribution in [-0.4, -0.2) is 43.3 Å². The largest absolute Gasteiger partial charge is 0.350 e. The van der Waals surface area contributed by atoms with E-state index in [1.165, 1.54) is 35.2 Å². The maximum Gasteiger partial charge on any atom is 0.264 e. The lowest BCUT2D eigenvalue weighted by Gasteiger charge is -2.33. The van der Waals surface area contributed by atoms with E-state index in [1.54, 1.807) is 19.1 Å². The number of hydrogen-bond donors (Lipinski definition) is 1. The molecule has 2 amide bonds. The van der Waals surface area contributed by atoms with E-state index in [4.69, 9.17) is 23.2 Å². The summed E-state index contributed by atoms with van der Waals surface area (Å²) in [6, 6.07) is 17.1. The van der Waals surface area contributed by atoms with Gasteiger partial charge in [0, 0.05) is 26.6 Å². The summed E-state index contributed by atoms with van der Waals surface area (Å²) in [5.41, 5.74) is 1.25. The molecule has 0 bridgehead atoms. The second kappa shape index (κ2) is 12.9. The zero-order valence-electron chi connectivity index (χ0n) is 22.9. The Kier molecular flexibility index (Phi) is 10.3. The van der Waals surface area contributed by atoms with Crippen LogP contribution in [0.4, 0.5) is 5.69 Å². The number of halogens is 3. The van der Waals surface area contributed by atoms with Crippen LogP contribution in [-0.2, 0) is 26.2 Å². The van der Waals surface area contributed by atoms with Crippen LogP contribution in [0.5, 0.6) is 0 Å². The van der Waals surface area contributed by atoms with Crippen molar-refractivity contribution >= 4 is 66.7 Å². The Morgan fingerprint density at radius 1 is 0.950 bits per heavy atom. The molecule has 0 heterocycles. The predicted octanol–water partition coefficient (Wildman–Crippen LogP) is 6.59. The van der Waals surface area contributed by atoms with Gasteiger partial charge in [0.15, 0.2) is 0 Å². The highest BCUT2D eigenvalue weighted by Crippen LogP contribution is 2.30. The van der Waals surface area contributed by atoms with Gasteiger partial charge >= 0.3 is 0 Å². The smallest absolute Gasteiger partial charge is 0.264 e. The first-order valence-electron chi connectivity index (χ1n) is 12.5. The van der Waals surface area contributed by atoms with Gasteiger partial charge in [-0.25, -0.2) is 8.42 Å². The average Bonchev–Trinajstić information content (AvgIpc) is 2.85. The van der Waals surface area contributed by atoms with Crippen molar-refractivity contribution in [1.82, 2.24) is 10.2 Å². The molecule has 0 aromatic heterocycles. The van der Waals surface area contributed by atoms with Crippen LogP contribution in [0.25, 0.3) is 0 Å². The molecular weight excluding hydrogens is 637 g/mol. The quantitative estimate of drug-likeness (QED) is 0.279. The summed E-state index contributed by atoms with van der Waals surface area (Å²) in [7, 11) is -4.22. The molecule has 0 spiro atoms. The number of amides is 2. The standard InChI is InChI=1S/C29H32BrCl2N3O4S/c1-19-6-12-26(13-7-19)40(38,39)35(25-15-23(31)14-24(32)16-25)18-27(36)34(17-21-8-10-22(30)11-9-21)20(2)28(37)33-29(3,4)5/h6-16,20H,17-18H2,1-5H3,(H,33,37)/t20-/m1/s1. The maximum atomic E-state index is 14.0. The fraction of sp³-hybridized carbons (Fsp3) is 0.310. The van der Waals surface area contributed by atoms with Crippen molar-refractivity contribution in [2.75, 3.05) is 10.8 Å². The summed E-state index contributed by atoms with van der Waals surface area (Å²) in [6.45, 7) is 8.49. The van der Waals surface area contributed by atoms with Gasteiger partial charge in [-0.15, -0.1) is 0 Å².